The van der Waals surface area contributed by atoms with Crippen LogP contribution in [-0.4, -0.2) is 4.98 Å². The van der Waals surface area contributed by atoms with Crippen LogP contribution in [0.1, 0.15) is 0 Å². The van der Waals surface area contributed by atoms with E-state index < -0.39 is 0 Å². The zero-order valence-corrected chi connectivity index (χ0v) is 9.28. The minimum atomic E-state index is 0.747. The molecular weight excluding hydrogens is 220 g/mol. The molecule has 0 saturated heterocycles. The number of fused-ring (bicyclic) bond motifs is 1. The van der Waals surface area contributed by atoms with Crippen LogP contribution >= 0.6 is 11.6 Å². The first-order chi connectivity index (χ1) is 7.86. The number of imidazole rings is 1. The van der Waals surface area contributed by atoms with Gasteiger partial charge in [-0.3, -0.25) is 0 Å². The summed E-state index contributed by atoms with van der Waals surface area (Å²) >= 11 is 6.18. The lowest BCUT2D eigenvalue weighted by atomic mass is 10.3. The molecule has 2 nitrogen and oxygen atoms in total. The zero-order valence-electron chi connectivity index (χ0n) is 8.52. The Morgan fingerprint density at radius 3 is 2.56 bits per heavy atom. The molecule has 3 aromatic rings. The largest absolute Gasteiger partial charge is 0.247 e. The van der Waals surface area contributed by atoms with Gasteiger partial charge in [-0.05, 0) is 24.3 Å². The number of para-hydroxylation sites is 3. The Balaban J connectivity index is 2.31. The summed E-state index contributed by atoms with van der Waals surface area (Å²) in [6.45, 7) is 0. The third-order valence-electron chi connectivity index (χ3n) is 2.62. The van der Waals surface area contributed by atoms with Crippen LogP contribution in [0.25, 0.3) is 16.7 Å². The second kappa shape index (κ2) is 3.65. The van der Waals surface area contributed by atoms with Crippen LogP contribution in [0.3, 0.4) is 0 Å². The molecule has 0 amide bonds. The fourth-order valence-electron chi connectivity index (χ4n) is 1.86. The van der Waals surface area contributed by atoms with E-state index in [0.29, 0.717) is 0 Å². The molecule has 0 radical (unpaired) electrons. The SMILES string of the molecule is Clc1ccccc1-[n+]1c[nH]c2ccccc21. The zero-order chi connectivity index (χ0) is 11.0. The van der Waals surface area contributed by atoms with Gasteiger partial charge in [0.25, 0.3) is 0 Å². The Hall–Kier alpha value is -1.80. The van der Waals surface area contributed by atoms with Crippen molar-refractivity contribution in [2.75, 3.05) is 0 Å². The van der Waals surface area contributed by atoms with E-state index in [-0.39, 0.29) is 0 Å². The van der Waals surface area contributed by atoms with Crippen LogP contribution in [0, 0.1) is 0 Å². The van der Waals surface area contributed by atoms with Crippen molar-refractivity contribution >= 4 is 22.6 Å². The molecule has 1 aromatic heterocycles. The van der Waals surface area contributed by atoms with Gasteiger partial charge in [0.2, 0.25) is 6.33 Å². The summed E-state index contributed by atoms with van der Waals surface area (Å²) in [6.07, 6.45) is 1.92. The van der Waals surface area contributed by atoms with Crippen molar-refractivity contribution in [1.82, 2.24) is 4.98 Å². The van der Waals surface area contributed by atoms with Gasteiger partial charge in [-0.15, -0.1) is 0 Å². The lowest BCUT2D eigenvalue weighted by molar-refractivity contribution is -0.566. The van der Waals surface area contributed by atoms with E-state index in [1.807, 2.05) is 48.8 Å². The van der Waals surface area contributed by atoms with Crippen molar-refractivity contribution < 1.29 is 4.57 Å². The van der Waals surface area contributed by atoms with Crippen LogP contribution in [0.15, 0.2) is 54.9 Å². The van der Waals surface area contributed by atoms with E-state index in [1.54, 1.807) is 0 Å². The minimum absolute atomic E-state index is 0.747. The molecule has 16 heavy (non-hydrogen) atoms. The highest BCUT2D eigenvalue weighted by Crippen LogP contribution is 2.17. The Morgan fingerprint density at radius 1 is 0.938 bits per heavy atom. The molecule has 78 valence electrons. The molecule has 0 bridgehead atoms. The quantitative estimate of drug-likeness (QED) is 0.619. The third-order valence-corrected chi connectivity index (χ3v) is 2.94. The fourth-order valence-corrected chi connectivity index (χ4v) is 2.08. The van der Waals surface area contributed by atoms with E-state index in [9.17, 15) is 0 Å². The summed E-state index contributed by atoms with van der Waals surface area (Å²) in [6, 6.07) is 15.9. The standard InChI is InChI=1S/C13H9ClN2/c14-10-5-1-3-7-12(10)16-9-15-11-6-2-4-8-13(11)16/h1-9H/p+1. The van der Waals surface area contributed by atoms with Crippen molar-refractivity contribution in [3.8, 4) is 5.69 Å². The number of nitrogens with one attached hydrogen (secondary N) is 1. The number of halogens is 1. The van der Waals surface area contributed by atoms with Gasteiger partial charge < -0.3 is 0 Å². The second-order valence-electron chi connectivity index (χ2n) is 3.61. The van der Waals surface area contributed by atoms with Crippen molar-refractivity contribution in [2.45, 2.75) is 0 Å². The number of H-pyrrole nitrogens is 1. The van der Waals surface area contributed by atoms with E-state index in [1.165, 1.54) is 0 Å². The summed E-state index contributed by atoms with van der Waals surface area (Å²) in [4.78, 5) is 3.22. The predicted molar refractivity (Wildman–Crippen MR) is 64.8 cm³/mol. The minimum Gasteiger partial charge on any atom is -0.243 e. The monoisotopic (exact) mass is 229 g/mol. The molecule has 3 heteroatoms. The van der Waals surface area contributed by atoms with Gasteiger partial charge in [-0.2, -0.15) is 4.57 Å². The smallest absolute Gasteiger partial charge is 0.243 e. The summed E-state index contributed by atoms with van der Waals surface area (Å²) in [5, 5.41) is 0.747. The first-order valence-electron chi connectivity index (χ1n) is 5.09. The maximum Gasteiger partial charge on any atom is 0.247 e. The Kier molecular flexibility index (Phi) is 2.15. The van der Waals surface area contributed by atoms with Gasteiger partial charge in [0.05, 0.1) is 5.02 Å². The van der Waals surface area contributed by atoms with Crippen LogP contribution in [0.5, 0.6) is 0 Å². The maximum atomic E-state index is 6.18. The molecule has 0 aliphatic heterocycles. The number of hydrogen-bond acceptors (Lipinski definition) is 0. The number of aromatic amines is 1. The number of hydrogen-bond donors (Lipinski definition) is 1. The summed E-state index contributed by atoms with van der Waals surface area (Å²) < 4.78 is 2.05. The van der Waals surface area contributed by atoms with Gasteiger partial charge in [0.15, 0.2) is 16.7 Å². The maximum absolute atomic E-state index is 6.18. The average molecular weight is 230 g/mol. The highest BCUT2D eigenvalue weighted by atomic mass is 35.5. The topological polar surface area (TPSA) is 19.7 Å². The van der Waals surface area contributed by atoms with Gasteiger partial charge in [-0.25, -0.2) is 4.98 Å². The lowest BCUT2D eigenvalue weighted by Gasteiger charge is -1.99. The van der Waals surface area contributed by atoms with Crippen molar-refractivity contribution in [2.24, 2.45) is 0 Å². The summed E-state index contributed by atoms with van der Waals surface area (Å²) in [5.41, 5.74) is 3.21. The average Bonchev–Trinajstić information content (AvgIpc) is 2.74. The van der Waals surface area contributed by atoms with E-state index >= 15 is 0 Å². The molecule has 0 saturated carbocycles. The number of rotatable bonds is 1. The van der Waals surface area contributed by atoms with Crippen LogP contribution in [0.2, 0.25) is 5.02 Å². The first-order valence-corrected chi connectivity index (χ1v) is 5.47. The molecule has 0 atom stereocenters. The molecule has 0 unspecified atom stereocenters. The number of benzene rings is 2. The molecule has 3 rings (SSSR count). The van der Waals surface area contributed by atoms with E-state index in [4.69, 9.17) is 11.6 Å². The highest BCUT2D eigenvalue weighted by Gasteiger charge is 2.12. The lowest BCUT2D eigenvalue weighted by Crippen LogP contribution is -2.28. The van der Waals surface area contributed by atoms with Gasteiger partial charge in [-0.1, -0.05) is 35.9 Å². The normalized spacial score (nSPS) is 10.8. The molecule has 2 aromatic carbocycles. The molecule has 0 fully saturated rings. The van der Waals surface area contributed by atoms with Crippen LogP contribution in [0.4, 0.5) is 0 Å². The summed E-state index contributed by atoms with van der Waals surface area (Å²) in [7, 11) is 0. The van der Waals surface area contributed by atoms with Gasteiger partial charge in [0.1, 0.15) is 0 Å². The Labute approximate surface area is 98.1 Å². The van der Waals surface area contributed by atoms with E-state index in [0.717, 1.165) is 21.7 Å². The van der Waals surface area contributed by atoms with Crippen LogP contribution in [-0.2, 0) is 0 Å². The van der Waals surface area contributed by atoms with Gasteiger partial charge >= 0.3 is 0 Å². The van der Waals surface area contributed by atoms with Crippen LogP contribution < -0.4 is 4.57 Å². The van der Waals surface area contributed by atoms with Crippen molar-refractivity contribution in [3.05, 3.63) is 59.9 Å². The van der Waals surface area contributed by atoms with Crippen molar-refractivity contribution in [3.63, 3.8) is 0 Å². The molecule has 0 aliphatic carbocycles. The number of aromatic nitrogens is 2. The Morgan fingerprint density at radius 2 is 1.69 bits per heavy atom. The first kappa shape index (κ1) is 9.43. The molecule has 1 N–H and O–H groups in total. The fraction of sp³-hybridized carbons (Fsp3) is 0. The predicted octanol–water partition coefficient (Wildman–Crippen LogP) is 3.10. The third kappa shape index (κ3) is 1.39. The Bertz CT molecular complexity index is 643. The van der Waals surface area contributed by atoms with Crippen molar-refractivity contribution in [1.29, 1.82) is 0 Å². The molecular formula is C13H10ClN2+. The summed E-state index contributed by atoms with van der Waals surface area (Å²) in [5.74, 6) is 0. The molecule has 1 heterocycles. The van der Waals surface area contributed by atoms with E-state index in [2.05, 4.69) is 15.6 Å². The molecule has 0 spiro atoms. The van der Waals surface area contributed by atoms with Gasteiger partial charge in [0, 0.05) is 0 Å². The number of nitrogens with zero attached hydrogens (tertiary/aromatic N) is 1. The second-order valence-corrected chi connectivity index (χ2v) is 4.02. The molecule has 0 aliphatic rings. The highest BCUT2D eigenvalue weighted by molar-refractivity contribution is 6.32.